The van der Waals surface area contributed by atoms with Crippen molar-refractivity contribution in [2.45, 2.75) is 17.6 Å². The van der Waals surface area contributed by atoms with Gasteiger partial charge in [0.15, 0.2) is 0 Å². The zero-order valence-corrected chi connectivity index (χ0v) is 16.0. The Morgan fingerprint density at radius 2 is 1.83 bits per heavy atom. The van der Waals surface area contributed by atoms with Crippen LogP contribution in [0.3, 0.4) is 0 Å². The van der Waals surface area contributed by atoms with Crippen molar-refractivity contribution < 1.29 is 4.79 Å². The van der Waals surface area contributed by atoms with Crippen LogP contribution in [0, 0.1) is 6.92 Å². The molecule has 0 atom stereocenters. The third-order valence-electron chi connectivity index (χ3n) is 3.18. The van der Waals surface area contributed by atoms with Crippen LogP contribution in [0.25, 0.3) is 0 Å². The van der Waals surface area contributed by atoms with Crippen molar-refractivity contribution in [3.8, 4) is 0 Å². The second kappa shape index (κ2) is 7.92. The molecule has 3 aromatic rings. The van der Waals surface area contributed by atoms with Crippen LogP contribution in [0.1, 0.15) is 20.9 Å². The number of benzene rings is 2. The number of anilines is 1. The number of carbonyl (C=O) groups is 1. The van der Waals surface area contributed by atoms with Crippen molar-refractivity contribution in [2.75, 3.05) is 5.32 Å². The van der Waals surface area contributed by atoms with E-state index in [0.717, 1.165) is 15.2 Å². The first-order chi connectivity index (χ1) is 11.6. The molecule has 1 N–H and O–H groups in total. The van der Waals surface area contributed by atoms with E-state index in [2.05, 4.69) is 62.6 Å². The maximum atomic E-state index is 12.2. The second-order valence-electron chi connectivity index (χ2n) is 5.06. The van der Waals surface area contributed by atoms with Gasteiger partial charge in [-0.05, 0) is 43.3 Å². The number of aromatic nitrogens is 2. The van der Waals surface area contributed by atoms with Gasteiger partial charge >= 0.3 is 0 Å². The molecule has 122 valence electrons. The van der Waals surface area contributed by atoms with Crippen molar-refractivity contribution in [1.29, 1.82) is 0 Å². The summed E-state index contributed by atoms with van der Waals surface area (Å²) >= 11 is 6.45. The molecule has 0 aliphatic carbocycles. The molecule has 0 aliphatic rings. The zero-order chi connectivity index (χ0) is 16.9. The highest BCUT2D eigenvalue weighted by Gasteiger charge is 2.10. The number of hydrogen-bond acceptors (Lipinski definition) is 5. The molecule has 2 aromatic carbocycles. The summed E-state index contributed by atoms with van der Waals surface area (Å²) in [7, 11) is 0. The summed E-state index contributed by atoms with van der Waals surface area (Å²) in [6, 6.07) is 15.5. The van der Waals surface area contributed by atoms with Crippen LogP contribution in [-0.2, 0) is 5.75 Å². The molecule has 0 saturated heterocycles. The summed E-state index contributed by atoms with van der Waals surface area (Å²) < 4.78 is 0.936. The predicted octanol–water partition coefficient (Wildman–Crippen LogP) is 5.15. The first-order valence-corrected chi connectivity index (χ1v) is 9.78. The van der Waals surface area contributed by atoms with Crippen molar-refractivity contribution in [3.05, 3.63) is 69.1 Å². The fourth-order valence-electron chi connectivity index (χ4n) is 1.91. The van der Waals surface area contributed by atoms with Gasteiger partial charge in [-0.25, -0.2) is 0 Å². The average molecular weight is 420 g/mol. The Hall–Kier alpha value is -1.70. The quantitative estimate of drug-likeness (QED) is 0.580. The number of aryl methyl sites for hydroxylation is 1. The SMILES string of the molecule is Cc1ccc(SCc2nnc(NC(=O)c3ccc(Br)cc3)s2)cc1. The first-order valence-electron chi connectivity index (χ1n) is 7.19. The molecule has 24 heavy (non-hydrogen) atoms. The summed E-state index contributed by atoms with van der Waals surface area (Å²) in [6.45, 7) is 2.07. The zero-order valence-electron chi connectivity index (χ0n) is 12.8. The fraction of sp³-hybridized carbons (Fsp3) is 0.118. The Morgan fingerprint density at radius 3 is 2.54 bits per heavy atom. The Morgan fingerprint density at radius 1 is 1.12 bits per heavy atom. The molecule has 0 bridgehead atoms. The van der Waals surface area contributed by atoms with Crippen LogP contribution in [0.2, 0.25) is 0 Å². The highest BCUT2D eigenvalue weighted by atomic mass is 79.9. The van der Waals surface area contributed by atoms with Crippen molar-refractivity contribution in [1.82, 2.24) is 10.2 Å². The van der Waals surface area contributed by atoms with Gasteiger partial charge in [0.1, 0.15) is 5.01 Å². The van der Waals surface area contributed by atoms with E-state index in [1.807, 2.05) is 12.1 Å². The van der Waals surface area contributed by atoms with Gasteiger partial charge in [0.2, 0.25) is 5.13 Å². The van der Waals surface area contributed by atoms with Crippen LogP contribution in [-0.4, -0.2) is 16.1 Å². The van der Waals surface area contributed by atoms with E-state index in [0.29, 0.717) is 10.7 Å². The molecule has 1 aromatic heterocycles. The number of rotatable bonds is 5. The molecule has 0 saturated carbocycles. The molecule has 1 amide bonds. The highest BCUT2D eigenvalue weighted by molar-refractivity contribution is 9.10. The van der Waals surface area contributed by atoms with Gasteiger partial charge in [-0.3, -0.25) is 10.1 Å². The van der Waals surface area contributed by atoms with Gasteiger partial charge in [-0.2, -0.15) is 0 Å². The molecular formula is C17H14BrN3OS2. The number of hydrogen-bond donors (Lipinski definition) is 1. The lowest BCUT2D eigenvalue weighted by atomic mass is 10.2. The van der Waals surface area contributed by atoms with Crippen LogP contribution in [0.5, 0.6) is 0 Å². The molecule has 0 fully saturated rings. The molecule has 0 spiro atoms. The van der Waals surface area contributed by atoms with E-state index in [1.54, 1.807) is 23.9 Å². The minimum absolute atomic E-state index is 0.184. The number of nitrogens with one attached hydrogen (secondary N) is 1. The minimum atomic E-state index is -0.184. The summed E-state index contributed by atoms with van der Waals surface area (Å²) in [4.78, 5) is 13.3. The Balaban J connectivity index is 1.58. The molecule has 0 unspecified atom stereocenters. The van der Waals surface area contributed by atoms with E-state index in [9.17, 15) is 4.79 Å². The molecule has 1 heterocycles. The summed E-state index contributed by atoms with van der Waals surface area (Å²) in [5, 5.41) is 12.4. The lowest BCUT2D eigenvalue weighted by Crippen LogP contribution is -2.11. The van der Waals surface area contributed by atoms with Gasteiger partial charge in [-0.15, -0.1) is 22.0 Å². The largest absolute Gasteiger partial charge is 0.296 e. The van der Waals surface area contributed by atoms with E-state index >= 15 is 0 Å². The van der Waals surface area contributed by atoms with Crippen LogP contribution in [0.15, 0.2) is 57.9 Å². The lowest BCUT2D eigenvalue weighted by molar-refractivity contribution is 0.102. The highest BCUT2D eigenvalue weighted by Crippen LogP contribution is 2.26. The average Bonchev–Trinajstić information content (AvgIpc) is 3.02. The number of thioether (sulfide) groups is 1. The van der Waals surface area contributed by atoms with Gasteiger partial charge < -0.3 is 0 Å². The predicted molar refractivity (Wildman–Crippen MR) is 103 cm³/mol. The standard InChI is InChI=1S/C17H14BrN3OS2/c1-11-2-8-14(9-3-11)23-10-15-20-21-17(24-15)19-16(22)12-4-6-13(18)7-5-12/h2-9H,10H2,1H3,(H,19,21,22). The van der Waals surface area contributed by atoms with Crippen molar-refractivity contribution in [3.63, 3.8) is 0 Å². The van der Waals surface area contributed by atoms with Crippen LogP contribution >= 0.6 is 39.0 Å². The Labute approximate surface area is 156 Å². The van der Waals surface area contributed by atoms with Gasteiger partial charge in [0.05, 0.1) is 5.75 Å². The molecule has 3 rings (SSSR count). The van der Waals surface area contributed by atoms with Crippen LogP contribution < -0.4 is 5.32 Å². The number of halogens is 1. The van der Waals surface area contributed by atoms with Crippen molar-refractivity contribution in [2.24, 2.45) is 0 Å². The smallest absolute Gasteiger partial charge is 0.257 e. The Kier molecular flexibility index (Phi) is 5.65. The summed E-state index contributed by atoms with van der Waals surface area (Å²) in [5.74, 6) is 0.547. The normalized spacial score (nSPS) is 10.6. The van der Waals surface area contributed by atoms with E-state index < -0.39 is 0 Å². The number of carbonyl (C=O) groups excluding carboxylic acids is 1. The summed E-state index contributed by atoms with van der Waals surface area (Å²) in [6.07, 6.45) is 0. The van der Waals surface area contributed by atoms with E-state index in [-0.39, 0.29) is 5.91 Å². The topological polar surface area (TPSA) is 54.9 Å². The van der Waals surface area contributed by atoms with Crippen LogP contribution in [0.4, 0.5) is 5.13 Å². The maximum Gasteiger partial charge on any atom is 0.257 e. The monoisotopic (exact) mass is 419 g/mol. The van der Waals surface area contributed by atoms with E-state index in [4.69, 9.17) is 0 Å². The Bertz CT molecular complexity index is 832. The first kappa shape index (κ1) is 17.1. The fourth-order valence-corrected chi connectivity index (χ4v) is 3.80. The maximum absolute atomic E-state index is 12.2. The third kappa shape index (κ3) is 4.66. The van der Waals surface area contributed by atoms with Crippen molar-refractivity contribution >= 4 is 50.1 Å². The van der Waals surface area contributed by atoms with Gasteiger partial charge in [0, 0.05) is 14.9 Å². The summed E-state index contributed by atoms with van der Waals surface area (Å²) in [5.41, 5.74) is 1.83. The lowest BCUT2D eigenvalue weighted by Gasteiger charge is -2.01. The molecular weight excluding hydrogens is 406 g/mol. The second-order valence-corrected chi connectivity index (χ2v) is 8.09. The third-order valence-corrected chi connectivity index (χ3v) is 5.75. The number of nitrogens with zero attached hydrogens (tertiary/aromatic N) is 2. The molecule has 7 heteroatoms. The van der Waals surface area contributed by atoms with E-state index in [1.165, 1.54) is 21.8 Å². The van der Waals surface area contributed by atoms with Gasteiger partial charge in [0.25, 0.3) is 5.91 Å². The van der Waals surface area contributed by atoms with Gasteiger partial charge in [-0.1, -0.05) is 45.0 Å². The molecule has 0 radical (unpaired) electrons. The molecule has 0 aliphatic heterocycles. The minimum Gasteiger partial charge on any atom is -0.296 e. The molecule has 4 nitrogen and oxygen atoms in total. The number of amides is 1.